The summed E-state index contributed by atoms with van der Waals surface area (Å²) in [5, 5.41) is 0.265. The Morgan fingerprint density at radius 1 is 1.55 bits per heavy atom. The molecule has 0 aromatic heterocycles. The van der Waals surface area contributed by atoms with Crippen molar-refractivity contribution >= 4 is 21.6 Å². The number of nitrogens with one attached hydrogen (secondary N) is 1. The number of alkyl halides is 1. The second-order valence-electron chi connectivity index (χ2n) is 3.06. The monoisotopic (exact) mass is 197 g/mol. The fourth-order valence-corrected chi connectivity index (χ4v) is 2.13. The largest absolute Gasteiger partial charge is 0.215 e. The molecule has 0 heterocycles. The molecule has 3 nitrogen and oxygen atoms in total. The Kier molecular flexibility index (Phi) is 2.78. The van der Waals surface area contributed by atoms with Crippen LogP contribution in [0.3, 0.4) is 0 Å². The molecule has 1 rings (SSSR count). The van der Waals surface area contributed by atoms with Crippen LogP contribution < -0.4 is 4.72 Å². The summed E-state index contributed by atoms with van der Waals surface area (Å²) in [7, 11) is -3.01. The van der Waals surface area contributed by atoms with Crippen molar-refractivity contribution in [3.8, 4) is 0 Å². The Morgan fingerprint density at radius 3 is 2.45 bits per heavy atom. The molecule has 1 N–H and O–H groups in total. The van der Waals surface area contributed by atoms with E-state index in [9.17, 15) is 8.42 Å². The van der Waals surface area contributed by atoms with Gasteiger partial charge >= 0.3 is 0 Å². The van der Waals surface area contributed by atoms with Crippen molar-refractivity contribution in [1.29, 1.82) is 0 Å². The van der Waals surface area contributed by atoms with Gasteiger partial charge in [-0.05, 0) is 18.8 Å². The van der Waals surface area contributed by atoms with Crippen molar-refractivity contribution in [2.24, 2.45) is 5.92 Å². The predicted octanol–water partition coefficient (Wildman–Crippen LogP) is 0.553. The summed E-state index contributed by atoms with van der Waals surface area (Å²) in [6.07, 6.45) is 3.04. The van der Waals surface area contributed by atoms with Gasteiger partial charge in [-0.2, -0.15) is 0 Å². The van der Waals surface area contributed by atoms with Crippen LogP contribution in [0.4, 0.5) is 0 Å². The number of sulfonamides is 1. The van der Waals surface area contributed by atoms with Gasteiger partial charge in [0.25, 0.3) is 0 Å². The van der Waals surface area contributed by atoms with Crippen molar-refractivity contribution < 1.29 is 8.42 Å². The maximum absolute atomic E-state index is 10.6. The molecular formula is C6H12ClNO2S. The SMILES string of the molecule is CS(=O)(=O)NCC1CC(Cl)C1. The molecule has 0 radical (unpaired) electrons. The van der Waals surface area contributed by atoms with Crippen LogP contribution >= 0.6 is 11.6 Å². The van der Waals surface area contributed by atoms with Gasteiger partial charge in [-0.3, -0.25) is 0 Å². The zero-order valence-corrected chi connectivity index (χ0v) is 7.95. The third-order valence-electron chi connectivity index (χ3n) is 1.81. The standard InChI is InChI=1S/C6H12ClNO2S/c1-11(9,10)8-4-5-2-6(7)3-5/h5-6,8H,2-4H2,1H3. The fourth-order valence-electron chi connectivity index (χ4n) is 1.09. The maximum atomic E-state index is 10.6. The molecule has 0 unspecified atom stereocenters. The van der Waals surface area contributed by atoms with E-state index in [1.165, 1.54) is 6.26 Å². The summed E-state index contributed by atoms with van der Waals surface area (Å²) < 4.78 is 23.7. The van der Waals surface area contributed by atoms with E-state index < -0.39 is 10.0 Å². The van der Waals surface area contributed by atoms with Crippen LogP contribution in [0.25, 0.3) is 0 Å². The summed E-state index contributed by atoms with van der Waals surface area (Å²) in [4.78, 5) is 0. The quantitative estimate of drug-likeness (QED) is 0.672. The molecule has 1 saturated carbocycles. The van der Waals surface area contributed by atoms with Crippen molar-refractivity contribution in [3.63, 3.8) is 0 Å². The highest BCUT2D eigenvalue weighted by atomic mass is 35.5. The van der Waals surface area contributed by atoms with Gasteiger partial charge in [-0.15, -0.1) is 11.6 Å². The molecule has 0 saturated heterocycles. The molecule has 0 aliphatic heterocycles. The minimum Gasteiger partial charge on any atom is -0.215 e. The van der Waals surface area contributed by atoms with Gasteiger partial charge < -0.3 is 0 Å². The molecule has 0 atom stereocenters. The van der Waals surface area contributed by atoms with E-state index in [1.54, 1.807) is 0 Å². The highest BCUT2D eigenvalue weighted by Crippen LogP contribution is 2.31. The molecular weight excluding hydrogens is 186 g/mol. The van der Waals surface area contributed by atoms with Gasteiger partial charge in [-0.25, -0.2) is 13.1 Å². The highest BCUT2D eigenvalue weighted by molar-refractivity contribution is 7.88. The molecule has 0 spiro atoms. The Morgan fingerprint density at radius 2 is 2.09 bits per heavy atom. The Hall–Kier alpha value is 0.200. The minimum atomic E-state index is -3.01. The van der Waals surface area contributed by atoms with Crippen molar-refractivity contribution in [3.05, 3.63) is 0 Å². The summed E-state index contributed by atoms with van der Waals surface area (Å²) >= 11 is 5.72. The van der Waals surface area contributed by atoms with Crippen LogP contribution in [0.5, 0.6) is 0 Å². The Labute approximate surface area is 72.2 Å². The smallest absolute Gasteiger partial charge is 0.208 e. The average molecular weight is 198 g/mol. The lowest BCUT2D eigenvalue weighted by Crippen LogP contribution is -2.35. The fraction of sp³-hybridized carbons (Fsp3) is 1.00. The van der Waals surface area contributed by atoms with Gasteiger partial charge in [0, 0.05) is 11.9 Å². The van der Waals surface area contributed by atoms with E-state index in [1.807, 2.05) is 0 Å². The number of hydrogen-bond acceptors (Lipinski definition) is 2. The number of rotatable bonds is 3. The van der Waals surface area contributed by atoms with E-state index in [0.717, 1.165) is 12.8 Å². The Balaban J connectivity index is 2.15. The number of hydrogen-bond donors (Lipinski definition) is 1. The lowest BCUT2D eigenvalue weighted by atomic mass is 9.85. The van der Waals surface area contributed by atoms with Crippen molar-refractivity contribution in [1.82, 2.24) is 4.72 Å². The zero-order valence-electron chi connectivity index (χ0n) is 6.38. The third kappa shape index (κ3) is 3.40. The van der Waals surface area contributed by atoms with E-state index in [4.69, 9.17) is 11.6 Å². The summed E-state index contributed by atoms with van der Waals surface area (Å²) in [5.74, 6) is 0.451. The first-order valence-corrected chi connectivity index (χ1v) is 5.89. The van der Waals surface area contributed by atoms with Crippen LogP contribution in [0.15, 0.2) is 0 Å². The summed E-state index contributed by atoms with van der Waals surface area (Å²) in [6, 6.07) is 0. The first-order valence-electron chi connectivity index (χ1n) is 3.56. The molecule has 0 aromatic carbocycles. The van der Waals surface area contributed by atoms with Crippen molar-refractivity contribution in [2.45, 2.75) is 18.2 Å². The molecule has 5 heteroatoms. The van der Waals surface area contributed by atoms with Crippen molar-refractivity contribution in [2.75, 3.05) is 12.8 Å². The molecule has 66 valence electrons. The van der Waals surface area contributed by atoms with Crippen LogP contribution in [-0.2, 0) is 10.0 Å². The van der Waals surface area contributed by atoms with E-state index in [-0.39, 0.29) is 5.38 Å². The molecule has 1 aliphatic rings. The molecule has 0 bridgehead atoms. The van der Waals surface area contributed by atoms with Gasteiger partial charge in [0.2, 0.25) is 10.0 Å². The van der Waals surface area contributed by atoms with E-state index in [0.29, 0.717) is 12.5 Å². The molecule has 1 fully saturated rings. The molecule has 0 aromatic rings. The third-order valence-corrected chi connectivity index (χ3v) is 2.86. The normalized spacial score (nSPS) is 31.5. The first-order chi connectivity index (χ1) is 4.97. The first kappa shape index (κ1) is 9.29. The Bertz CT molecular complexity index is 221. The average Bonchev–Trinajstić information content (AvgIpc) is 1.75. The lowest BCUT2D eigenvalue weighted by Gasteiger charge is -2.30. The minimum absolute atomic E-state index is 0.265. The van der Waals surface area contributed by atoms with Gasteiger partial charge in [0.15, 0.2) is 0 Å². The van der Waals surface area contributed by atoms with Crippen LogP contribution in [0.2, 0.25) is 0 Å². The van der Waals surface area contributed by atoms with E-state index in [2.05, 4.69) is 4.72 Å². The molecule has 1 aliphatic carbocycles. The van der Waals surface area contributed by atoms with Gasteiger partial charge in [-0.1, -0.05) is 0 Å². The van der Waals surface area contributed by atoms with E-state index >= 15 is 0 Å². The second-order valence-corrected chi connectivity index (χ2v) is 5.51. The van der Waals surface area contributed by atoms with Gasteiger partial charge in [0.1, 0.15) is 0 Å². The highest BCUT2D eigenvalue weighted by Gasteiger charge is 2.27. The molecule has 0 amide bonds. The second kappa shape index (κ2) is 3.29. The predicted molar refractivity (Wildman–Crippen MR) is 45.2 cm³/mol. The van der Waals surface area contributed by atoms with Gasteiger partial charge in [0.05, 0.1) is 6.26 Å². The topological polar surface area (TPSA) is 46.2 Å². The number of halogens is 1. The molecule has 11 heavy (non-hydrogen) atoms. The van der Waals surface area contributed by atoms with Crippen LogP contribution in [0, 0.1) is 5.92 Å². The lowest BCUT2D eigenvalue weighted by molar-refractivity contribution is 0.324. The summed E-state index contributed by atoms with van der Waals surface area (Å²) in [5.41, 5.74) is 0. The van der Waals surface area contributed by atoms with Crippen LogP contribution in [-0.4, -0.2) is 26.6 Å². The maximum Gasteiger partial charge on any atom is 0.208 e. The van der Waals surface area contributed by atoms with Crippen LogP contribution in [0.1, 0.15) is 12.8 Å². The summed E-state index contributed by atoms with van der Waals surface area (Å²) in [6.45, 7) is 0.544. The zero-order chi connectivity index (χ0) is 8.48.